The van der Waals surface area contributed by atoms with Crippen LogP contribution in [0.25, 0.3) is 11.5 Å². The van der Waals surface area contributed by atoms with Gasteiger partial charge in [0.1, 0.15) is 10.8 Å². The van der Waals surface area contributed by atoms with E-state index in [1.54, 1.807) is 11.3 Å². The van der Waals surface area contributed by atoms with Crippen LogP contribution in [0.1, 0.15) is 40.7 Å². The van der Waals surface area contributed by atoms with Gasteiger partial charge in [-0.15, -0.1) is 11.3 Å². The third kappa shape index (κ3) is 3.42. The Labute approximate surface area is 147 Å². The van der Waals surface area contributed by atoms with Crippen molar-refractivity contribution in [2.45, 2.75) is 40.3 Å². The van der Waals surface area contributed by atoms with Crippen molar-refractivity contribution in [2.75, 3.05) is 7.05 Å². The Kier molecular flexibility index (Phi) is 4.83. The van der Waals surface area contributed by atoms with Crippen molar-refractivity contribution in [2.24, 2.45) is 0 Å². The molecule has 2 aromatic heterocycles. The maximum atomic E-state index is 5.92. The van der Waals surface area contributed by atoms with Gasteiger partial charge in [-0.05, 0) is 46.4 Å². The first-order chi connectivity index (χ1) is 11.5. The summed E-state index contributed by atoms with van der Waals surface area (Å²) in [7, 11) is 2.10. The van der Waals surface area contributed by atoms with E-state index in [4.69, 9.17) is 9.40 Å². The first-order valence-electron chi connectivity index (χ1n) is 8.10. The van der Waals surface area contributed by atoms with E-state index in [-0.39, 0.29) is 6.04 Å². The number of aryl methyl sites for hydroxylation is 3. The second-order valence-corrected chi connectivity index (χ2v) is 7.14. The first kappa shape index (κ1) is 16.9. The van der Waals surface area contributed by atoms with Crippen LogP contribution in [0.4, 0.5) is 0 Å². The lowest BCUT2D eigenvalue weighted by molar-refractivity contribution is 0.248. The van der Waals surface area contributed by atoms with Gasteiger partial charge in [-0.2, -0.15) is 0 Å². The molecule has 0 amide bonds. The zero-order chi connectivity index (χ0) is 17.3. The topological polar surface area (TPSA) is 42.2 Å². The largest absolute Gasteiger partial charge is 0.441 e. The SMILES string of the molecule is Cc1csc([C@H](C)N(C)Cc2nc(-c3ccccc3C)oc2C)n1. The molecule has 4 nitrogen and oxygen atoms in total. The van der Waals surface area contributed by atoms with Crippen molar-refractivity contribution >= 4 is 11.3 Å². The molecule has 0 aliphatic heterocycles. The molecule has 0 fully saturated rings. The molecule has 0 bridgehead atoms. The predicted molar refractivity (Wildman–Crippen MR) is 98.1 cm³/mol. The molecule has 1 atom stereocenters. The quantitative estimate of drug-likeness (QED) is 0.661. The highest BCUT2D eigenvalue weighted by atomic mass is 32.1. The van der Waals surface area contributed by atoms with Crippen LogP contribution in [0.5, 0.6) is 0 Å². The number of oxazole rings is 1. The average Bonchev–Trinajstić information content (AvgIpc) is 3.13. The number of rotatable bonds is 5. The number of thiazole rings is 1. The van der Waals surface area contributed by atoms with Crippen molar-refractivity contribution < 1.29 is 4.42 Å². The van der Waals surface area contributed by atoms with Gasteiger partial charge in [0, 0.05) is 23.2 Å². The van der Waals surface area contributed by atoms with Crippen LogP contribution < -0.4 is 0 Å². The van der Waals surface area contributed by atoms with E-state index in [1.807, 2.05) is 26.0 Å². The summed E-state index contributed by atoms with van der Waals surface area (Å²) >= 11 is 1.71. The zero-order valence-corrected chi connectivity index (χ0v) is 15.6. The summed E-state index contributed by atoms with van der Waals surface area (Å²) in [4.78, 5) is 11.6. The highest BCUT2D eigenvalue weighted by molar-refractivity contribution is 7.09. The zero-order valence-electron chi connectivity index (χ0n) is 14.8. The van der Waals surface area contributed by atoms with Crippen molar-refractivity contribution in [1.29, 1.82) is 0 Å². The van der Waals surface area contributed by atoms with E-state index in [0.29, 0.717) is 5.89 Å². The molecule has 3 rings (SSSR count). The lowest BCUT2D eigenvalue weighted by Gasteiger charge is -2.21. The van der Waals surface area contributed by atoms with Gasteiger partial charge in [0.2, 0.25) is 5.89 Å². The lowest BCUT2D eigenvalue weighted by atomic mass is 10.1. The van der Waals surface area contributed by atoms with E-state index in [1.165, 1.54) is 5.56 Å². The molecule has 2 heterocycles. The third-order valence-electron chi connectivity index (χ3n) is 4.32. The van der Waals surface area contributed by atoms with Gasteiger partial charge in [-0.1, -0.05) is 18.2 Å². The Balaban J connectivity index is 1.79. The lowest BCUT2D eigenvalue weighted by Crippen LogP contribution is -2.22. The molecule has 0 unspecified atom stereocenters. The van der Waals surface area contributed by atoms with E-state index >= 15 is 0 Å². The summed E-state index contributed by atoms with van der Waals surface area (Å²) in [5, 5.41) is 3.23. The highest BCUT2D eigenvalue weighted by Gasteiger charge is 2.19. The summed E-state index contributed by atoms with van der Waals surface area (Å²) in [5.41, 5.74) is 4.29. The summed E-state index contributed by atoms with van der Waals surface area (Å²) in [5.74, 6) is 1.58. The minimum Gasteiger partial charge on any atom is -0.441 e. The number of hydrogen-bond donors (Lipinski definition) is 0. The van der Waals surface area contributed by atoms with Gasteiger partial charge >= 0.3 is 0 Å². The van der Waals surface area contributed by atoms with Crippen LogP contribution in [0, 0.1) is 20.8 Å². The fourth-order valence-corrected chi connectivity index (χ4v) is 3.55. The molecule has 0 aliphatic rings. The van der Waals surface area contributed by atoms with Crippen LogP contribution in [0.2, 0.25) is 0 Å². The van der Waals surface area contributed by atoms with Crippen LogP contribution in [0.3, 0.4) is 0 Å². The second-order valence-electron chi connectivity index (χ2n) is 6.26. The molecule has 24 heavy (non-hydrogen) atoms. The van der Waals surface area contributed by atoms with Gasteiger partial charge < -0.3 is 4.42 Å². The van der Waals surface area contributed by atoms with Crippen molar-refractivity contribution in [3.05, 3.63) is 57.4 Å². The van der Waals surface area contributed by atoms with Crippen LogP contribution in [-0.4, -0.2) is 21.9 Å². The normalized spacial score (nSPS) is 12.8. The van der Waals surface area contributed by atoms with E-state index in [0.717, 1.165) is 34.3 Å². The predicted octanol–water partition coefficient (Wildman–Crippen LogP) is 4.92. The molecule has 0 N–H and O–H groups in total. The van der Waals surface area contributed by atoms with Gasteiger partial charge in [0.25, 0.3) is 0 Å². The van der Waals surface area contributed by atoms with Crippen molar-refractivity contribution in [3.63, 3.8) is 0 Å². The summed E-state index contributed by atoms with van der Waals surface area (Å²) < 4.78 is 5.92. The van der Waals surface area contributed by atoms with Crippen molar-refractivity contribution in [1.82, 2.24) is 14.9 Å². The molecular weight excluding hydrogens is 318 g/mol. The maximum absolute atomic E-state index is 5.92. The fourth-order valence-electron chi connectivity index (χ4n) is 2.63. The summed E-state index contributed by atoms with van der Waals surface area (Å²) in [6, 6.07) is 8.42. The Morgan fingerprint density at radius 3 is 2.58 bits per heavy atom. The Hall–Kier alpha value is -1.98. The Morgan fingerprint density at radius 1 is 1.17 bits per heavy atom. The number of aromatic nitrogens is 2. The standard InChI is InChI=1S/C19H23N3OS/c1-12-8-6-7-9-16(12)18-21-17(15(4)23-18)10-22(5)14(3)19-20-13(2)11-24-19/h6-9,11,14H,10H2,1-5H3/t14-/m0/s1. The number of hydrogen-bond acceptors (Lipinski definition) is 5. The molecule has 0 aliphatic carbocycles. The third-order valence-corrected chi connectivity index (χ3v) is 5.46. The van der Waals surface area contributed by atoms with Crippen molar-refractivity contribution in [3.8, 4) is 11.5 Å². The van der Waals surface area contributed by atoms with Crippen LogP contribution in [0.15, 0.2) is 34.1 Å². The Bertz CT molecular complexity index is 837. The molecule has 0 saturated carbocycles. The van der Waals surface area contributed by atoms with Gasteiger partial charge in [0.15, 0.2) is 0 Å². The van der Waals surface area contributed by atoms with Crippen LogP contribution >= 0.6 is 11.3 Å². The molecule has 1 aromatic carbocycles. The molecule has 0 saturated heterocycles. The van der Waals surface area contributed by atoms with E-state index in [2.05, 4.69) is 48.3 Å². The van der Waals surface area contributed by atoms with Crippen LogP contribution in [-0.2, 0) is 6.54 Å². The number of nitrogens with zero attached hydrogens (tertiary/aromatic N) is 3. The first-order valence-corrected chi connectivity index (χ1v) is 8.98. The second kappa shape index (κ2) is 6.87. The van der Waals surface area contributed by atoms with Gasteiger partial charge in [-0.25, -0.2) is 9.97 Å². The van der Waals surface area contributed by atoms with Gasteiger partial charge in [0.05, 0.1) is 11.7 Å². The van der Waals surface area contributed by atoms with E-state index < -0.39 is 0 Å². The molecule has 3 aromatic rings. The summed E-state index contributed by atoms with van der Waals surface area (Å²) in [6.45, 7) is 9.00. The molecule has 5 heteroatoms. The Morgan fingerprint density at radius 2 is 1.92 bits per heavy atom. The fraction of sp³-hybridized carbons (Fsp3) is 0.368. The van der Waals surface area contributed by atoms with Gasteiger partial charge in [-0.3, -0.25) is 4.90 Å². The number of benzene rings is 1. The average molecular weight is 341 g/mol. The monoisotopic (exact) mass is 341 g/mol. The maximum Gasteiger partial charge on any atom is 0.226 e. The van der Waals surface area contributed by atoms with E-state index in [9.17, 15) is 0 Å². The minimum absolute atomic E-state index is 0.252. The molecule has 0 spiro atoms. The smallest absolute Gasteiger partial charge is 0.226 e. The minimum atomic E-state index is 0.252. The molecule has 126 valence electrons. The molecule has 0 radical (unpaired) electrons. The molecular formula is C19H23N3OS. The summed E-state index contributed by atoms with van der Waals surface area (Å²) in [6.07, 6.45) is 0. The highest BCUT2D eigenvalue weighted by Crippen LogP contribution is 2.28.